The monoisotopic (exact) mass is 510 g/mol. The maximum Gasteiger partial charge on any atom is 0.335 e. The van der Waals surface area contributed by atoms with Crippen molar-refractivity contribution in [2.45, 2.75) is 111 Å². The number of aromatic carboxylic acids is 1. The number of aliphatic hydroxyl groups excluding tert-OH is 2. The molecule has 2 unspecified atom stereocenters. The largest absolute Gasteiger partial charge is 0.478 e. The van der Waals surface area contributed by atoms with Crippen molar-refractivity contribution in [3.05, 3.63) is 35.4 Å². The maximum absolute atomic E-state index is 11.9. The minimum atomic E-state index is -0.827. The van der Waals surface area contributed by atoms with Crippen LogP contribution in [-0.2, 0) is 6.42 Å². The Balaban J connectivity index is 1.30. The van der Waals surface area contributed by atoms with E-state index >= 15 is 0 Å². The van der Waals surface area contributed by atoms with Crippen molar-refractivity contribution in [2.75, 3.05) is 0 Å². The summed E-state index contributed by atoms with van der Waals surface area (Å²) in [5, 5.41) is 32.0. The Bertz CT molecular complexity index is 975. The summed E-state index contributed by atoms with van der Waals surface area (Å²) >= 11 is 0. The molecule has 4 nitrogen and oxygen atoms in total. The van der Waals surface area contributed by atoms with E-state index in [1.807, 2.05) is 18.2 Å². The lowest BCUT2D eigenvalue weighted by Crippen LogP contribution is -2.62. The molecule has 0 radical (unpaired) electrons. The lowest BCUT2D eigenvalue weighted by molar-refractivity contribution is -0.203. The fourth-order valence-corrected chi connectivity index (χ4v) is 10.7. The minimum Gasteiger partial charge on any atom is -0.478 e. The normalized spacial score (nSPS) is 43.9. The third-order valence-corrected chi connectivity index (χ3v) is 12.5. The van der Waals surface area contributed by atoms with Gasteiger partial charge in [0, 0.05) is 0 Å². The Kier molecular flexibility index (Phi) is 7.57. The van der Waals surface area contributed by atoms with Gasteiger partial charge >= 0.3 is 5.97 Å². The highest BCUT2D eigenvalue weighted by atomic mass is 16.4. The van der Waals surface area contributed by atoms with Gasteiger partial charge in [-0.25, -0.2) is 4.79 Å². The molecule has 1 aromatic carbocycles. The molecule has 1 aromatic rings. The SMILES string of the molecule is CC[C@@H]1C2C[C@H](O)CC[C@]2(C)[C@H]2CC[C@]3(C)[C@@H]([C@H](C)CCCc4ccccc4C(=O)O)CC[C@H]3C2[C@@H]1O. The third-order valence-electron chi connectivity index (χ3n) is 12.5. The van der Waals surface area contributed by atoms with E-state index in [2.05, 4.69) is 27.7 Å². The number of hydrogen-bond donors (Lipinski definition) is 3. The Morgan fingerprint density at radius 1 is 1.00 bits per heavy atom. The fourth-order valence-electron chi connectivity index (χ4n) is 10.7. The van der Waals surface area contributed by atoms with Gasteiger partial charge in [0.05, 0.1) is 17.8 Å². The summed E-state index contributed by atoms with van der Waals surface area (Å²) in [7, 11) is 0. The van der Waals surface area contributed by atoms with Crippen molar-refractivity contribution in [1.82, 2.24) is 0 Å². The number of carbonyl (C=O) groups is 1. The predicted octanol–water partition coefficient (Wildman–Crippen LogP) is 6.97. The van der Waals surface area contributed by atoms with Gasteiger partial charge in [-0.15, -0.1) is 0 Å². The molecule has 0 amide bonds. The minimum absolute atomic E-state index is 0.191. The summed E-state index contributed by atoms with van der Waals surface area (Å²) in [6.45, 7) is 9.75. The molecule has 37 heavy (non-hydrogen) atoms. The zero-order valence-electron chi connectivity index (χ0n) is 23.5. The smallest absolute Gasteiger partial charge is 0.335 e. The van der Waals surface area contributed by atoms with Crippen molar-refractivity contribution in [1.29, 1.82) is 0 Å². The highest BCUT2D eigenvalue weighted by molar-refractivity contribution is 5.89. The van der Waals surface area contributed by atoms with Crippen LogP contribution in [0.4, 0.5) is 0 Å². The van der Waals surface area contributed by atoms with Crippen molar-refractivity contribution >= 4 is 5.97 Å². The van der Waals surface area contributed by atoms with Crippen molar-refractivity contribution in [3.8, 4) is 0 Å². The van der Waals surface area contributed by atoms with Crippen LogP contribution in [-0.4, -0.2) is 33.5 Å². The summed E-state index contributed by atoms with van der Waals surface area (Å²) in [5.74, 6) is 2.81. The van der Waals surface area contributed by atoms with Crippen molar-refractivity contribution in [3.63, 3.8) is 0 Å². The molecule has 206 valence electrons. The van der Waals surface area contributed by atoms with Gasteiger partial charge < -0.3 is 15.3 Å². The molecule has 4 aliphatic rings. The lowest BCUT2D eigenvalue weighted by atomic mass is 9.41. The molecule has 4 saturated carbocycles. The highest BCUT2D eigenvalue weighted by Gasteiger charge is 2.64. The average molecular weight is 511 g/mol. The summed E-state index contributed by atoms with van der Waals surface area (Å²) < 4.78 is 0. The van der Waals surface area contributed by atoms with Crippen LogP contribution < -0.4 is 0 Å². The zero-order chi connectivity index (χ0) is 26.5. The Morgan fingerprint density at radius 3 is 2.43 bits per heavy atom. The van der Waals surface area contributed by atoms with Crippen LogP contribution >= 0.6 is 0 Å². The van der Waals surface area contributed by atoms with Crippen LogP contribution in [0.5, 0.6) is 0 Å². The highest BCUT2D eigenvalue weighted by Crippen LogP contribution is 2.69. The van der Waals surface area contributed by atoms with Gasteiger partial charge in [0.1, 0.15) is 0 Å². The zero-order valence-corrected chi connectivity index (χ0v) is 23.5. The first-order valence-electron chi connectivity index (χ1n) is 15.3. The van der Waals surface area contributed by atoms with Gasteiger partial charge in [0.15, 0.2) is 0 Å². The maximum atomic E-state index is 11.9. The Labute approximate surface area is 224 Å². The molecule has 0 aromatic heterocycles. The first-order valence-corrected chi connectivity index (χ1v) is 15.3. The van der Waals surface area contributed by atoms with E-state index in [9.17, 15) is 20.1 Å². The molecule has 3 N–H and O–H groups in total. The quantitative estimate of drug-likeness (QED) is 0.370. The Hall–Kier alpha value is -1.39. The van der Waals surface area contributed by atoms with Gasteiger partial charge in [0.2, 0.25) is 0 Å². The van der Waals surface area contributed by atoms with E-state index in [0.29, 0.717) is 47.0 Å². The molecule has 0 saturated heterocycles. The average Bonchev–Trinajstić information content (AvgIpc) is 3.22. The number of benzene rings is 1. The molecule has 4 heteroatoms. The first-order chi connectivity index (χ1) is 17.6. The number of fused-ring (bicyclic) bond motifs is 5. The van der Waals surface area contributed by atoms with E-state index in [0.717, 1.165) is 50.5 Å². The molecular weight excluding hydrogens is 460 g/mol. The van der Waals surface area contributed by atoms with E-state index < -0.39 is 5.97 Å². The van der Waals surface area contributed by atoms with Crippen molar-refractivity contribution in [2.24, 2.45) is 52.3 Å². The second-order valence-electron chi connectivity index (χ2n) is 14.0. The molecule has 0 bridgehead atoms. The van der Waals surface area contributed by atoms with Crippen molar-refractivity contribution < 1.29 is 20.1 Å². The number of hydrogen-bond acceptors (Lipinski definition) is 3. The molecule has 11 atom stereocenters. The second kappa shape index (κ2) is 10.3. The molecule has 5 rings (SSSR count). The summed E-state index contributed by atoms with van der Waals surface area (Å²) in [6.07, 6.45) is 11.5. The van der Waals surface area contributed by atoms with Crippen LogP contribution in [0.15, 0.2) is 24.3 Å². The topological polar surface area (TPSA) is 77.8 Å². The number of aryl methyl sites for hydroxylation is 1. The van der Waals surface area contributed by atoms with Crippen LogP contribution in [0.2, 0.25) is 0 Å². The summed E-state index contributed by atoms with van der Waals surface area (Å²) in [6, 6.07) is 7.45. The first kappa shape index (κ1) is 27.2. The number of aliphatic hydroxyl groups is 2. The number of rotatable bonds is 7. The lowest BCUT2D eigenvalue weighted by Gasteiger charge is -2.64. The van der Waals surface area contributed by atoms with E-state index in [1.54, 1.807) is 6.07 Å². The molecule has 4 fully saturated rings. The second-order valence-corrected chi connectivity index (χ2v) is 14.0. The summed E-state index contributed by atoms with van der Waals surface area (Å²) in [5.41, 5.74) is 1.94. The fraction of sp³-hybridized carbons (Fsp3) is 0.788. The van der Waals surface area contributed by atoms with E-state index in [4.69, 9.17) is 0 Å². The van der Waals surface area contributed by atoms with Crippen LogP contribution in [0.25, 0.3) is 0 Å². The Morgan fingerprint density at radius 2 is 1.70 bits per heavy atom. The number of carboxylic acids is 1. The van der Waals surface area contributed by atoms with Crippen LogP contribution in [0, 0.1) is 52.3 Å². The van der Waals surface area contributed by atoms with Gasteiger partial charge in [-0.3, -0.25) is 0 Å². The van der Waals surface area contributed by atoms with Gasteiger partial charge in [-0.1, -0.05) is 58.7 Å². The molecule has 0 heterocycles. The summed E-state index contributed by atoms with van der Waals surface area (Å²) in [4.78, 5) is 11.6. The third kappa shape index (κ3) is 4.48. The molecule has 0 aliphatic heterocycles. The van der Waals surface area contributed by atoms with E-state index in [-0.39, 0.29) is 23.0 Å². The molecule has 0 spiro atoms. The van der Waals surface area contributed by atoms with Gasteiger partial charge in [-0.05, 0) is 122 Å². The standard InChI is InChI=1S/C33H50O4/c1-5-23-28-19-22(34)15-17-33(28,4)27-16-18-32(3)25(13-14-26(32)29(27)30(23)35)20(2)9-8-11-21-10-6-7-12-24(21)31(36)37/h6-7,10,12,20,22-23,25-30,34-35H,5,8-9,11,13-19H2,1-4H3,(H,36,37)/t20-,22-,23-,25-,26+,27+,28?,29?,30-,32-,33-/m1/s1. The van der Waals surface area contributed by atoms with Crippen LogP contribution in [0.1, 0.15) is 108 Å². The van der Waals surface area contributed by atoms with Gasteiger partial charge in [-0.2, -0.15) is 0 Å². The molecular formula is C33H50O4. The molecule has 4 aliphatic carbocycles. The van der Waals surface area contributed by atoms with Gasteiger partial charge in [0.25, 0.3) is 0 Å². The predicted molar refractivity (Wildman–Crippen MR) is 147 cm³/mol. The van der Waals surface area contributed by atoms with E-state index in [1.165, 1.54) is 25.7 Å². The number of carboxylic acid groups (broad SMARTS) is 1. The van der Waals surface area contributed by atoms with Crippen LogP contribution in [0.3, 0.4) is 0 Å².